The maximum absolute atomic E-state index is 6.04. The summed E-state index contributed by atoms with van der Waals surface area (Å²) in [5.74, 6) is 0.931. The minimum absolute atomic E-state index is 0.492. The third kappa shape index (κ3) is 2.36. The summed E-state index contributed by atoms with van der Waals surface area (Å²) in [6, 6.07) is 0.674. The Morgan fingerprint density at radius 1 is 1.22 bits per heavy atom. The predicted molar refractivity (Wildman–Crippen MR) is 76.2 cm³/mol. The van der Waals surface area contributed by atoms with E-state index in [1.54, 1.807) is 0 Å². The van der Waals surface area contributed by atoms with Gasteiger partial charge in [0, 0.05) is 25.7 Å². The second-order valence-corrected chi connectivity index (χ2v) is 6.08. The molecule has 6 heteroatoms. The second-order valence-electron chi connectivity index (χ2n) is 4.93. The molecule has 2 aliphatic heterocycles. The molecule has 1 atom stereocenters. The van der Waals surface area contributed by atoms with Crippen molar-refractivity contribution in [1.82, 2.24) is 14.9 Å². The summed E-state index contributed by atoms with van der Waals surface area (Å²) in [6.07, 6.45) is 5.53. The Morgan fingerprint density at radius 3 is 3.00 bits per heavy atom. The van der Waals surface area contributed by atoms with Crippen molar-refractivity contribution < 1.29 is 0 Å². The second kappa shape index (κ2) is 5.31. The summed E-state index contributed by atoms with van der Waals surface area (Å²) in [5, 5.41) is 0.492. The Hall–Kier alpha value is -0.390. The van der Waals surface area contributed by atoms with Gasteiger partial charge in [-0.1, -0.05) is 18.0 Å². The molecule has 0 aliphatic carbocycles. The van der Waals surface area contributed by atoms with Gasteiger partial charge in [0.25, 0.3) is 0 Å². The molecule has 0 bridgehead atoms. The Balaban J connectivity index is 1.79. The lowest BCUT2D eigenvalue weighted by Gasteiger charge is -2.44. The summed E-state index contributed by atoms with van der Waals surface area (Å²) < 4.78 is 0.816. The minimum Gasteiger partial charge on any atom is -0.353 e. The Morgan fingerprint density at radius 2 is 2.11 bits per heavy atom. The number of aromatic nitrogens is 2. The van der Waals surface area contributed by atoms with Crippen LogP contribution in [0, 0.1) is 0 Å². The molecule has 1 aromatic rings. The van der Waals surface area contributed by atoms with Crippen molar-refractivity contribution in [2.45, 2.75) is 25.3 Å². The van der Waals surface area contributed by atoms with E-state index in [-0.39, 0.29) is 0 Å². The van der Waals surface area contributed by atoms with Gasteiger partial charge in [-0.3, -0.25) is 4.90 Å². The van der Waals surface area contributed by atoms with E-state index in [0.29, 0.717) is 11.2 Å². The van der Waals surface area contributed by atoms with Gasteiger partial charge in [-0.15, -0.1) is 0 Å². The first kappa shape index (κ1) is 12.6. The summed E-state index contributed by atoms with van der Waals surface area (Å²) in [5.41, 5.74) is 0. The normalized spacial score (nSPS) is 25.0. The van der Waals surface area contributed by atoms with Crippen LogP contribution >= 0.6 is 27.5 Å². The first-order chi connectivity index (χ1) is 8.75. The topological polar surface area (TPSA) is 32.3 Å². The van der Waals surface area contributed by atoms with Gasteiger partial charge in [0.15, 0.2) is 0 Å². The average Bonchev–Trinajstić information content (AvgIpc) is 2.41. The molecular weight excluding hydrogens is 316 g/mol. The Labute approximate surface area is 120 Å². The van der Waals surface area contributed by atoms with Gasteiger partial charge in [-0.05, 0) is 35.3 Å². The molecule has 2 saturated heterocycles. The largest absolute Gasteiger partial charge is 0.353 e. The zero-order valence-corrected chi connectivity index (χ0v) is 12.5. The van der Waals surface area contributed by atoms with Crippen LogP contribution in [-0.4, -0.2) is 47.1 Å². The maximum atomic E-state index is 6.04. The van der Waals surface area contributed by atoms with Gasteiger partial charge in [-0.25, -0.2) is 9.97 Å². The van der Waals surface area contributed by atoms with Gasteiger partial charge < -0.3 is 4.90 Å². The molecule has 3 heterocycles. The van der Waals surface area contributed by atoms with Crippen LogP contribution in [0.1, 0.15) is 19.3 Å². The number of piperidine rings is 1. The molecule has 0 spiro atoms. The summed E-state index contributed by atoms with van der Waals surface area (Å²) in [7, 11) is 0. The molecule has 0 aromatic carbocycles. The number of hydrogen-bond acceptors (Lipinski definition) is 4. The summed E-state index contributed by atoms with van der Waals surface area (Å²) in [4.78, 5) is 13.3. The van der Waals surface area contributed by atoms with E-state index in [0.717, 1.165) is 29.9 Å². The number of hydrogen-bond donors (Lipinski definition) is 0. The number of fused-ring (bicyclic) bond motifs is 1. The van der Waals surface area contributed by atoms with Crippen molar-refractivity contribution >= 4 is 33.3 Å². The molecular formula is C12H16BrClN4. The molecule has 2 aliphatic rings. The molecule has 18 heavy (non-hydrogen) atoms. The van der Waals surface area contributed by atoms with Crippen LogP contribution in [0.15, 0.2) is 10.8 Å². The van der Waals surface area contributed by atoms with Crippen LogP contribution in [-0.2, 0) is 0 Å². The van der Waals surface area contributed by atoms with E-state index in [2.05, 4.69) is 35.7 Å². The van der Waals surface area contributed by atoms with Crippen molar-refractivity contribution in [2.24, 2.45) is 0 Å². The van der Waals surface area contributed by atoms with Crippen LogP contribution in [0.3, 0.4) is 0 Å². The van der Waals surface area contributed by atoms with Crippen molar-refractivity contribution in [3.05, 3.63) is 16.0 Å². The zero-order valence-electron chi connectivity index (χ0n) is 10.1. The molecule has 4 nitrogen and oxygen atoms in total. The highest BCUT2D eigenvalue weighted by Crippen LogP contribution is 2.31. The number of halogens is 2. The summed E-state index contributed by atoms with van der Waals surface area (Å²) >= 11 is 9.53. The van der Waals surface area contributed by atoms with E-state index in [4.69, 9.17) is 11.6 Å². The lowest BCUT2D eigenvalue weighted by molar-refractivity contribution is 0.133. The van der Waals surface area contributed by atoms with E-state index in [1.807, 2.05) is 0 Å². The molecule has 98 valence electrons. The molecule has 0 saturated carbocycles. The first-order valence-electron chi connectivity index (χ1n) is 6.40. The SMILES string of the molecule is Clc1ncnc(N2CCN3CCCCC3C2)c1Br. The predicted octanol–water partition coefficient (Wildman–Crippen LogP) is 2.57. The molecule has 2 fully saturated rings. The minimum atomic E-state index is 0.492. The molecule has 0 N–H and O–H groups in total. The van der Waals surface area contributed by atoms with E-state index in [9.17, 15) is 0 Å². The van der Waals surface area contributed by atoms with Gasteiger partial charge in [0.1, 0.15) is 17.3 Å². The molecule has 1 unspecified atom stereocenters. The third-order valence-electron chi connectivity index (χ3n) is 3.87. The van der Waals surface area contributed by atoms with E-state index < -0.39 is 0 Å². The fraction of sp³-hybridized carbons (Fsp3) is 0.667. The number of rotatable bonds is 1. The lowest BCUT2D eigenvalue weighted by atomic mass is 9.99. The molecule has 1 aromatic heterocycles. The van der Waals surface area contributed by atoms with Crippen molar-refractivity contribution in [1.29, 1.82) is 0 Å². The smallest absolute Gasteiger partial charge is 0.148 e. The van der Waals surface area contributed by atoms with Gasteiger partial charge in [0.05, 0.1) is 4.47 Å². The van der Waals surface area contributed by atoms with Crippen LogP contribution in [0.4, 0.5) is 5.82 Å². The molecule has 0 amide bonds. The van der Waals surface area contributed by atoms with Gasteiger partial charge >= 0.3 is 0 Å². The monoisotopic (exact) mass is 330 g/mol. The van der Waals surface area contributed by atoms with Gasteiger partial charge in [0.2, 0.25) is 0 Å². The maximum Gasteiger partial charge on any atom is 0.148 e. The van der Waals surface area contributed by atoms with Crippen molar-refractivity contribution in [3.63, 3.8) is 0 Å². The van der Waals surface area contributed by atoms with Crippen LogP contribution < -0.4 is 4.90 Å². The summed E-state index contributed by atoms with van der Waals surface area (Å²) in [6.45, 7) is 4.44. The average molecular weight is 332 g/mol. The fourth-order valence-corrected chi connectivity index (χ4v) is 3.49. The first-order valence-corrected chi connectivity index (χ1v) is 7.58. The highest BCUT2D eigenvalue weighted by molar-refractivity contribution is 9.10. The number of piperazine rings is 1. The highest BCUT2D eigenvalue weighted by Gasteiger charge is 2.30. The Bertz CT molecular complexity index is 442. The van der Waals surface area contributed by atoms with Crippen molar-refractivity contribution in [2.75, 3.05) is 31.1 Å². The van der Waals surface area contributed by atoms with Crippen LogP contribution in [0.5, 0.6) is 0 Å². The lowest BCUT2D eigenvalue weighted by Crippen LogP contribution is -2.55. The van der Waals surface area contributed by atoms with E-state index >= 15 is 0 Å². The van der Waals surface area contributed by atoms with Gasteiger partial charge in [-0.2, -0.15) is 0 Å². The van der Waals surface area contributed by atoms with Crippen molar-refractivity contribution in [3.8, 4) is 0 Å². The highest BCUT2D eigenvalue weighted by atomic mass is 79.9. The Kier molecular flexibility index (Phi) is 3.73. The molecule has 3 rings (SSSR count). The van der Waals surface area contributed by atoms with Crippen LogP contribution in [0.25, 0.3) is 0 Å². The number of nitrogens with zero attached hydrogens (tertiary/aromatic N) is 4. The standard InChI is InChI=1S/C12H16BrClN4/c13-10-11(14)15-8-16-12(10)18-6-5-17-4-2-1-3-9(17)7-18/h8-9H,1-7H2. The number of anilines is 1. The van der Waals surface area contributed by atoms with Crippen LogP contribution in [0.2, 0.25) is 5.15 Å². The fourth-order valence-electron chi connectivity index (χ4n) is 2.91. The molecule has 0 radical (unpaired) electrons. The zero-order chi connectivity index (χ0) is 12.5. The quantitative estimate of drug-likeness (QED) is 0.740. The van der Waals surface area contributed by atoms with E-state index in [1.165, 1.54) is 32.1 Å². The third-order valence-corrected chi connectivity index (χ3v) is 5.11.